The van der Waals surface area contributed by atoms with E-state index < -0.39 is 23.7 Å². The number of benzene rings is 1. The third-order valence-corrected chi connectivity index (χ3v) is 7.28. The molecule has 2 saturated carbocycles. The first-order chi connectivity index (χ1) is 16.2. The molecule has 0 heterocycles. The fraction of sp³-hybridized carbons (Fsp3) is 0.643. The van der Waals surface area contributed by atoms with Crippen molar-refractivity contribution in [3.8, 4) is 17.6 Å². The number of hydrogen-bond donors (Lipinski definition) is 0. The van der Waals surface area contributed by atoms with Crippen LogP contribution in [0.4, 0.5) is 22.0 Å². The van der Waals surface area contributed by atoms with Crippen molar-refractivity contribution in [2.75, 3.05) is 0 Å². The van der Waals surface area contributed by atoms with Crippen molar-refractivity contribution in [1.29, 1.82) is 0 Å². The largest absolute Gasteiger partial charge is 0.573 e. The molecule has 1 nitrogen and oxygen atoms in total. The quantitative estimate of drug-likeness (QED) is 0.214. The molecule has 0 aliphatic heterocycles. The molecule has 0 unspecified atom stereocenters. The van der Waals surface area contributed by atoms with Gasteiger partial charge in [0.05, 0.1) is 0 Å². The van der Waals surface area contributed by atoms with Gasteiger partial charge in [0.25, 0.3) is 0 Å². The maximum atomic E-state index is 14.0. The molecule has 0 atom stereocenters. The number of hydrogen-bond acceptors (Lipinski definition) is 1. The van der Waals surface area contributed by atoms with Gasteiger partial charge in [-0.15, -0.1) is 13.2 Å². The fourth-order valence-electron chi connectivity index (χ4n) is 5.30. The molecule has 0 spiro atoms. The van der Waals surface area contributed by atoms with E-state index in [9.17, 15) is 22.0 Å². The lowest BCUT2D eigenvalue weighted by atomic mass is 9.78. The van der Waals surface area contributed by atoms with E-state index in [2.05, 4.69) is 29.6 Å². The van der Waals surface area contributed by atoms with Gasteiger partial charge in [-0.05, 0) is 92.9 Å². The van der Waals surface area contributed by atoms with Crippen molar-refractivity contribution in [2.45, 2.75) is 96.3 Å². The molecule has 1 aromatic rings. The molecule has 0 amide bonds. The summed E-state index contributed by atoms with van der Waals surface area (Å²) in [5.74, 6) is 4.11. The lowest BCUT2D eigenvalue weighted by Crippen LogP contribution is -2.19. The van der Waals surface area contributed by atoms with Gasteiger partial charge in [0.2, 0.25) is 5.75 Å². The maximum absolute atomic E-state index is 14.0. The van der Waals surface area contributed by atoms with Crippen LogP contribution >= 0.6 is 0 Å². The summed E-state index contributed by atoms with van der Waals surface area (Å²) in [6.45, 7) is 2.25. The summed E-state index contributed by atoms with van der Waals surface area (Å²) < 4.78 is 68.5. The Morgan fingerprint density at radius 2 is 1.59 bits per heavy atom. The lowest BCUT2D eigenvalue weighted by molar-refractivity contribution is -0.276. The van der Waals surface area contributed by atoms with Crippen LogP contribution in [0, 0.1) is 41.2 Å². The zero-order chi connectivity index (χ0) is 24.6. The predicted molar refractivity (Wildman–Crippen MR) is 124 cm³/mol. The molecule has 188 valence electrons. The van der Waals surface area contributed by atoms with Crippen LogP contribution < -0.4 is 4.74 Å². The van der Waals surface area contributed by atoms with Crippen molar-refractivity contribution in [3.05, 3.63) is 41.5 Å². The molecular formula is C28H35F5O. The van der Waals surface area contributed by atoms with E-state index in [0.29, 0.717) is 24.3 Å². The van der Waals surface area contributed by atoms with Crippen molar-refractivity contribution < 1.29 is 26.7 Å². The molecule has 0 aromatic heterocycles. The van der Waals surface area contributed by atoms with Crippen LogP contribution in [0.3, 0.4) is 0 Å². The molecule has 0 bridgehead atoms. The first-order valence-corrected chi connectivity index (χ1v) is 12.7. The van der Waals surface area contributed by atoms with E-state index >= 15 is 0 Å². The van der Waals surface area contributed by atoms with E-state index in [1.165, 1.54) is 51.4 Å². The number of rotatable bonds is 7. The molecule has 0 radical (unpaired) electrons. The highest BCUT2D eigenvalue weighted by atomic mass is 19.4. The Kier molecular flexibility index (Phi) is 9.85. The fourth-order valence-corrected chi connectivity index (χ4v) is 5.30. The smallest absolute Gasteiger partial charge is 0.399 e. The summed E-state index contributed by atoms with van der Waals surface area (Å²) >= 11 is 0. The zero-order valence-electron chi connectivity index (χ0n) is 19.9. The van der Waals surface area contributed by atoms with Crippen LogP contribution in [0.25, 0.3) is 0 Å². The first kappa shape index (κ1) is 26.6. The predicted octanol–water partition coefficient (Wildman–Crippen LogP) is 9.08. The van der Waals surface area contributed by atoms with Crippen LogP contribution in [0.5, 0.6) is 5.75 Å². The normalized spacial score (nSPS) is 25.7. The Morgan fingerprint density at radius 3 is 2.18 bits per heavy atom. The van der Waals surface area contributed by atoms with Crippen LogP contribution in [-0.4, -0.2) is 6.36 Å². The summed E-state index contributed by atoms with van der Waals surface area (Å²) in [6, 6.07) is 1.92. The number of ether oxygens (including phenoxy) is 1. The third-order valence-electron chi connectivity index (χ3n) is 7.28. The summed E-state index contributed by atoms with van der Waals surface area (Å²) in [5.41, 5.74) is 0.376. The summed E-state index contributed by atoms with van der Waals surface area (Å²) in [7, 11) is 0. The lowest BCUT2D eigenvalue weighted by Gasteiger charge is -2.26. The van der Waals surface area contributed by atoms with Gasteiger partial charge < -0.3 is 4.74 Å². The Bertz CT molecular complexity index is 840. The van der Waals surface area contributed by atoms with E-state index in [0.717, 1.165) is 30.9 Å². The molecule has 0 N–H and O–H groups in total. The summed E-state index contributed by atoms with van der Waals surface area (Å²) in [4.78, 5) is 0. The van der Waals surface area contributed by atoms with Gasteiger partial charge in [0, 0.05) is 5.92 Å². The molecule has 2 aliphatic carbocycles. The first-order valence-electron chi connectivity index (χ1n) is 12.7. The average Bonchev–Trinajstić information content (AvgIpc) is 2.80. The number of allylic oxidation sites excluding steroid dienone is 2. The Morgan fingerprint density at radius 1 is 0.941 bits per heavy atom. The van der Waals surface area contributed by atoms with Crippen molar-refractivity contribution in [3.63, 3.8) is 0 Å². The van der Waals surface area contributed by atoms with Gasteiger partial charge in [0.1, 0.15) is 0 Å². The molecule has 34 heavy (non-hydrogen) atoms. The van der Waals surface area contributed by atoms with Crippen LogP contribution in [-0.2, 0) is 0 Å². The van der Waals surface area contributed by atoms with Gasteiger partial charge in [0.15, 0.2) is 11.6 Å². The Labute approximate surface area is 200 Å². The molecule has 2 aliphatic rings. The molecule has 0 saturated heterocycles. The van der Waals surface area contributed by atoms with E-state index in [1.54, 1.807) is 0 Å². The van der Waals surface area contributed by atoms with Gasteiger partial charge in [-0.2, -0.15) is 0 Å². The second-order valence-corrected chi connectivity index (χ2v) is 9.83. The number of unbranched alkanes of at least 4 members (excludes halogenated alkanes) is 2. The van der Waals surface area contributed by atoms with Gasteiger partial charge in [-0.1, -0.05) is 50.5 Å². The highest BCUT2D eigenvalue weighted by molar-refractivity contribution is 5.33. The second kappa shape index (κ2) is 12.6. The van der Waals surface area contributed by atoms with Crippen LogP contribution in [0.1, 0.15) is 95.5 Å². The summed E-state index contributed by atoms with van der Waals surface area (Å²) in [5, 5.41) is 0. The minimum Gasteiger partial charge on any atom is -0.399 e. The van der Waals surface area contributed by atoms with Crippen molar-refractivity contribution in [2.24, 2.45) is 17.8 Å². The third kappa shape index (κ3) is 8.32. The maximum Gasteiger partial charge on any atom is 0.573 e. The van der Waals surface area contributed by atoms with E-state index in [4.69, 9.17) is 0 Å². The molecular weight excluding hydrogens is 447 g/mol. The Hall–Kier alpha value is -2.03. The topological polar surface area (TPSA) is 9.23 Å². The SMILES string of the molecule is CCCCCC1CCC(/C=C/C#CC2CCC(c3cc(F)c(OC(F)(F)F)c(F)c3)CC2)CC1. The molecule has 2 fully saturated rings. The highest BCUT2D eigenvalue weighted by Crippen LogP contribution is 2.38. The standard InChI is InChI=1S/C28H35F5O/c1-2-3-4-7-20-10-12-21(13-11-20)8-5-6-9-22-14-16-23(17-15-22)24-18-25(29)27(26(30)19-24)34-28(31,32)33/h5,8,18-23H,2-4,7,10-17H2,1H3/b8-5+. The average molecular weight is 483 g/mol. The number of alkyl halides is 3. The second-order valence-electron chi connectivity index (χ2n) is 9.83. The highest BCUT2D eigenvalue weighted by Gasteiger charge is 2.34. The van der Waals surface area contributed by atoms with Crippen molar-refractivity contribution >= 4 is 0 Å². The molecule has 1 aromatic carbocycles. The van der Waals surface area contributed by atoms with E-state index in [-0.39, 0.29) is 11.8 Å². The van der Waals surface area contributed by atoms with Crippen molar-refractivity contribution in [1.82, 2.24) is 0 Å². The van der Waals surface area contributed by atoms with Gasteiger partial charge in [-0.25, -0.2) is 8.78 Å². The van der Waals surface area contributed by atoms with Gasteiger partial charge >= 0.3 is 6.36 Å². The molecule has 6 heteroatoms. The molecule has 3 rings (SSSR count). The van der Waals surface area contributed by atoms with Gasteiger partial charge in [-0.3, -0.25) is 0 Å². The minimum atomic E-state index is -5.14. The van der Waals surface area contributed by atoms with Crippen LogP contribution in [0.2, 0.25) is 0 Å². The van der Waals surface area contributed by atoms with Crippen LogP contribution in [0.15, 0.2) is 24.3 Å². The Balaban J connectivity index is 1.43. The van der Waals surface area contributed by atoms with E-state index in [1.807, 2.05) is 6.08 Å². The number of halogens is 5. The minimum absolute atomic E-state index is 0.0926. The zero-order valence-corrected chi connectivity index (χ0v) is 19.9. The summed E-state index contributed by atoms with van der Waals surface area (Å²) in [6.07, 6.45) is 12.6. The monoisotopic (exact) mass is 482 g/mol.